The van der Waals surface area contributed by atoms with Crippen LogP contribution in [0.5, 0.6) is 0 Å². The molecule has 0 heterocycles. The van der Waals surface area contributed by atoms with E-state index in [1.54, 1.807) is 0 Å². The van der Waals surface area contributed by atoms with E-state index in [-0.39, 0.29) is 6.10 Å². The number of hydrogen-bond donors (Lipinski definition) is 1. The molecule has 0 radical (unpaired) electrons. The average Bonchev–Trinajstić information content (AvgIpc) is 2.00. The summed E-state index contributed by atoms with van der Waals surface area (Å²) in [4.78, 5) is 0. The first-order valence-corrected chi connectivity index (χ1v) is 4.54. The second-order valence-corrected chi connectivity index (χ2v) is 3.57. The Balaban J connectivity index is 3.88. The van der Waals surface area contributed by atoms with Crippen LogP contribution in [0.25, 0.3) is 0 Å². The zero-order valence-electron chi connectivity index (χ0n) is 8.38. The summed E-state index contributed by atoms with van der Waals surface area (Å²) < 4.78 is 0. The largest absolute Gasteiger partial charge is 0.389 e. The lowest BCUT2D eigenvalue weighted by molar-refractivity contribution is 0.171. The van der Waals surface area contributed by atoms with Gasteiger partial charge in [0.05, 0.1) is 6.10 Å². The van der Waals surface area contributed by atoms with Gasteiger partial charge in [0.15, 0.2) is 0 Å². The molecule has 0 rings (SSSR count). The normalized spacial score (nSPS) is 14.9. The van der Waals surface area contributed by atoms with Gasteiger partial charge in [0.1, 0.15) is 0 Å². The SMILES string of the molecule is C=CCC/C(C)=C/C(O)C(C)C. The van der Waals surface area contributed by atoms with Crippen molar-refractivity contribution < 1.29 is 5.11 Å². The van der Waals surface area contributed by atoms with Crippen molar-refractivity contribution in [2.75, 3.05) is 0 Å². The molecule has 1 atom stereocenters. The fourth-order valence-corrected chi connectivity index (χ4v) is 0.897. The third-order valence-corrected chi connectivity index (χ3v) is 1.88. The van der Waals surface area contributed by atoms with Gasteiger partial charge in [-0.05, 0) is 25.7 Å². The van der Waals surface area contributed by atoms with Gasteiger partial charge in [-0.25, -0.2) is 0 Å². The molecule has 1 unspecified atom stereocenters. The maximum absolute atomic E-state index is 9.49. The summed E-state index contributed by atoms with van der Waals surface area (Å²) in [6.07, 6.45) is 5.54. The van der Waals surface area contributed by atoms with E-state index in [2.05, 4.69) is 13.5 Å². The van der Waals surface area contributed by atoms with Crippen molar-refractivity contribution in [1.29, 1.82) is 0 Å². The summed E-state index contributed by atoms with van der Waals surface area (Å²) in [6.45, 7) is 9.74. The van der Waals surface area contributed by atoms with Gasteiger partial charge in [-0.3, -0.25) is 0 Å². The molecule has 0 amide bonds. The third kappa shape index (κ3) is 5.14. The molecule has 0 saturated carbocycles. The van der Waals surface area contributed by atoms with E-state index >= 15 is 0 Å². The maximum Gasteiger partial charge on any atom is 0.0746 e. The fourth-order valence-electron chi connectivity index (χ4n) is 0.897. The molecule has 0 aromatic carbocycles. The maximum atomic E-state index is 9.49. The van der Waals surface area contributed by atoms with Crippen LogP contribution in [0.4, 0.5) is 0 Å². The van der Waals surface area contributed by atoms with Crippen molar-refractivity contribution in [3.63, 3.8) is 0 Å². The van der Waals surface area contributed by atoms with Gasteiger partial charge in [-0.1, -0.05) is 31.6 Å². The highest BCUT2D eigenvalue weighted by Crippen LogP contribution is 2.09. The first-order valence-electron chi connectivity index (χ1n) is 4.54. The monoisotopic (exact) mass is 168 g/mol. The standard InChI is InChI=1S/C11H20O/c1-5-6-7-10(4)8-11(12)9(2)3/h5,8-9,11-12H,1,6-7H2,2-4H3/b10-8+. The second-order valence-electron chi connectivity index (χ2n) is 3.57. The van der Waals surface area contributed by atoms with E-state index in [0.717, 1.165) is 12.8 Å². The topological polar surface area (TPSA) is 20.2 Å². The lowest BCUT2D eigenvalue weighted by Crippen LogP contribution is -2.11. The highest BCUT2D eigenvalue weighted by atomic mass is 16.3. The van der Waals surface area contributed by atoms with Crippen LogP contribution in [0.3, 0.4) is 0 Å². The molecule has 0 aliphatic heterocycles. The lowest BCUT2D eigenvalue weighted by Gasteiger charge is -2.10. The summed E-state index contributed by atoms with van der Waals surface area (Å²) in [6, 6.07) is 0. The fraction of sp³-hybridized carbons (Fsp3) is 0.636. The summed E-state index contributed by atoms with van der Waals surface area (Å²) >= 11 is 0. The Morgan fingerprint density at radius 3 is 2.50 bits per heavy atom. The Hall–Kier alpha value is -0.560. The molecule has 12 heavy (non-hydrogen) atoms. The number of allylic oxidation sites excluding steroid dienone is 2. The van der Waals surface area contributed by atoms with Crippen LogP contribution in [0.1, 0.15) is 33.6 Å². The van der Waals surface area contributed by atoms with Crippen LogP contribution in [0.15, 0.2) is 24.3 Å². The molecule has 0 saturated heterocycles. The van der Waals surface area contributed by atoms with Gasteiger partial charge in [0.25, 0.3) is 0 Å². The summed E-state index contributed by atoms with van der Waals surface area (Å²) in [5.74, 6) is 0.309. The predicted octanol–water partition coefficient (Wildman–Crippen LogP) is 2.92. The van der Waals surface area contributed by atoms with E-state index in [4.69, 9.17) is 0 Å². The lowest BCUT2D eigenvalue weighted by atomic mass is 10.0. The molecule has 70 valence electrons. The van der Waals surface area contributed by atoms with Crippen molar-refractivity contribution in [1.82, 2.24) is 0 Å². The van der Waals surface area contributed by atoms with Crippen LogP contribution in [0.2, 0.25) is 0 Å². The Kier molecular flexibility index (Phi) is 5.73. The summed E-state index contributed by atoms with van der Waals surface area (Å²) in [7, 11) is 0. The summed E-state index contributed by atoms with van der Waals surface area (Å²) in [5.41, 5.74) is 1.25. The molecule has 1 nitrogen and oxygen atoms in total. The van der Waals surface area contributed by atoms with Gasteiger partial charge in [-0.15, -0.1) is 6.58 Å². The molecule has 0 bridgehead atoms. The Morgan fingerprint density at radius 1 is 1.50 bits per heavy atom. The zero-order valence-corrected chi connectivity index (χ0v) is 8.38. The molecule has 0 spiro atoms. The van der Waals surface area contributed by atoms with Crippen LogP contribution in [-0.4, -0.2) is 11.2 Å². The number of hydrogen-bond acceptors (Lipinski definition) is 1. The highest BCUT2D eigenvalue weighted by Gasteiger charge is 2.04. The van der Waals surface area contributed by atoms with Gasteiger partial charge in [-0.2, -0.15) is 0 Å². The molecule has 0 aromatic heterocycles. The van der Waals surface area contributed by atoms with E-state index in [1.807, 2.05) is 26.0 Å². The molecule has 0 aliphatic rings. The minimum absolute atomic E-state index is 0.296. The molecule has 0 aliphatic carbocycles. The number of aliphatic hydroxyl groups excluding tert-OH is 1. The molecule has 0 aromatic rings. The van der Waals surface area contributed by atoms with Gasteiger partial charge < -0.3 is 5.11 Å². The minimum Gasteiger partial charge on any atom is -0.389 e. The van der Waals surface area contributed by atoms with Crippen LogP contribution >= 0.6 is 0 Å². The summed E-state index contributed by atoms with van der Waals surface area (Å²) in [5, 5.41) is 9.49. The molecule has 1 heteroatoms. The minimum atomic E-state index is -0.296. The Labute approximate surface area is 75.8 Å². The van der Waals surface area contributed by atoms with Crippen molar-refractivity contribution in [2.24, 2.45) is 5.92 Å². The Bertz CT molecular complexity index is 156. The van der Waals surface area contributed by atoms with Crippen molar-refractivity contribution in [2.45, 2.75) is 39.7 Å². The van der Waals surface area contributed by atoms with E-state index in [1.165, 1.54) is 5.57 Å². The second kappa shape index (κ2) is 6.01. The predicted molar refractivity (Wildman–Crippen MR) is 54.0 cm³/mol. The third-order valence-electron chi connectivity index (χ3n) is 1.88. The number of aliphatic hydroxyl groups is 1. The van der Waals surface area contributed by atoms with Crippen molar-refractivity contribution in [3.05, 3.63) is 24.3 Å². The quantitative estimate of drug-likeness (QED) is 0.626. The molecular formula is C11H20O. The van der Waals surface area contributed by atoms with Crippen molar-refractivity contribution >= 4 is 0 Å². The van der Waals surface area contributed by atoms with E-state index in [9.17, 15) is 5.11 Å². The number of rotatable bonds is 5. The van der Waals surface area contributed by atoms with Gasteiger partial charge >= 0.3 is 0 Å². The van der Waals surface area contributed by atoms with Crippen LogP contribution < -0.4 is 0 Å². The first kappa shape index (κ1) is 11.4. The Morgan fingerprint density at radius 2 is 2.08 bits per heavy atom. The average molecular weight is 168 g/mol. The molecule has 0 fully saturated rings. The van der Waals surface area contributed by atoms with Crippen molar-refractivity contribution in [3.8, 4) is 0 Å². The highest BCUT2D eigenvalue weighted by molar-refractivity contribution is 5.03. The van der Waals surface area contributed by atoms with E-state index < -0.39 is 0 Å². The molecular weight excluding hydrogens is 148 g/mol. The molecule has 1 N–H and O–H groups in total. The first-order chi connectivity index (χ1) is 5.57. The van der Waals surface area contributed by atoms with Gasteiger partial charge in [0.2, 0.25) is 0 Å². The van der Waals surface area contributed by atoms with E-state index in [0.29, 0.717) is 5.92 Å². The zero-order chi connectivity index (χ0) is 9.56. The van der Waals surface area contributed by atoms with Crippen LogP contribution in [0, 0.1) is 5.92 Å². The van der Waals surface area contributed by atoms with Gasteiger partial charge in [0, 0.05) is 0 Å². The van der Waals surface area contributed by atoms with Crippen LogP contribution in [-0.2, 0) is 0 Å². The smallest absolute Gasteiger partial charge is 0.0746 e.